The summed E-state index contributed by atoms with van der Waals surface area (Å²) in [4.78, 5) is 16.5. The fraction of sp³-hybridized carbons (Fsp3) is 0.538. The molecule has 0 aromatic carbocycles. The van der Waals surface area contributed by atoms with Gasteiger partial charge in [-0.3, -0.25) is 0 Å². The third kappa shape index (κ3) is 4.76. The molecule has 0 aliphatic rings. The van der Waals surface area contributed by atoms with Crippen LogP contribution in [0.25, 0.3) is 0 Å². The van der Waals surface area contributed by atoms with Crippen molar-refractivity contribution >= 4 is 16.0 Å². The number of aromatic carboxylic acids is 1. The van der Waals surface area contributed by atoms with Gasteiger partial charge in [0.1, 0.15) is 0 Å². The highest BCUT2D eigenvalue weighted by molar-refractivity contribution is 7.89. The highest BCUT2D eigenvalue weighted by Gasteiger charge is 2.25. The molecule has 21 heavy (non-hydrogen) atoms. The number of carbonyl (C=O) groups is 1. The molecular formula is C13H21N3O4S. The molecule has 0 bridgehead atoms. The third-order valence-electron chi connectivity index (χ3n) is 2.86. The first kappa shape index (κ1) is 17.5. The van der Waals surface area contributed by atoms with E-state index in [1.807, 2.05) is 25.9 Å². The van der Waals surface area contributed by atoms with E-state index in [4.69, 9.17) is 5.11 Å². The van der Waals surface area contributed by atoms with Gasteiger partial charge < -0.3 is 10.0 Å². The molecule has 118 valence electrons. The first-order valence-corrected chi connectivity index (χ1v) is 8.07. The van der Waals surface area contributed by atoms with Gasteiger partial charge in [0.25, 0.3) is 10.0 Å². The first-order valence-electron chi connectivity index (χ1n) is 6.63. The maximum absolute atomic E-state index is 12.5. The van der Waals surface area contributed by atoms with Crippen LogP contribution < -0.4 is 0 Å². The number of carboxylic acid groups (broad SMARTS) is 1. The highest BCUT2D eigenvalue weighted by Crippen LogP contribution is 2.14. The van der Waals surface area contributed by atoms with Crippen LogP contribution in [0.5, 0.6) is 0 Å². The van der Waals surface area contributed by atoms with Gasteiger partial charge in [0.05, 0.1) is 5.56 Å². The van der Waals surface area contributed by atoms with Gasteiger partial charge >= 0.3 is 5.97 Å². The van der Waals surface area contributed by atoms with Crippen LogP contribution in [-0.4, -0.2) is 67.4 Å². The monoisotopic (exact) mass is 315 g/mol. The normalized spacial score (nSPS) is 12.0. The predicted octanol–water partition coefficient (Wildman–Crippen LogP) is 0.742. The van der Waals surface area contributed by atoms with E-state index >= 15 is 0 Å². The minimum Gasteiger partial charge on any atom is -0.478 e. The number of aromatic nitrogens is 1. The number of sulfonamides is 1. The van der Waals surface area contributed by atoms with Crippen molar-refractivity contribution in [3.05, 3.63) is 23.9 Å². The van der Waals surface area contributed by atoms with Crippen LogP contribution in [0.15, 0.2) is 23.4 Å². The SMILES string of the molecule is CCCN(CCN(C)C)S(=O)(=O)c1ccc(C(=O)O)cn1. The van der Waals surface area contributed by atoms with E-state index in [1.54, 1.807) is 0 Å². The molecule has 1 aromatic heterocycles. The Morgan fingerprint density at radius 1 is 1.24 bits per heavy atom. The molecule has 8 heteroatoms. The number of likely N-dealkylation sites (N-methyl/N-ethyl adjacent to an activating group) is 1. The fourth-order valence-electron chi connectivity index (χ4n) is 1.70. The van der Waals surface area contributed by atoms with Gasteiger partial charge in [-0.15, -0.1) is 0 Å². The second-order valence-electron chi connectivity index (χ2n) is 4.90. The van der Waals surface area contributed by atoms with Gasteiger partial charge in [-0.05, 0) is 32.6 Å². The Hall–Kier alpha value is -1.51. The van der Waals surface area contributed by atoms with Crippen molar-refractivity contribution in [2.75, 3.05) is 33.7 Å². The van der Waals surface area contributed by atoms with E-state index in [2.05, 4.69) is 4.98 Å². The zero-order valence-corrected chi connectivity index (χ0v) is 13.3. The maximum Gasteiger partial charge on any atom is 0.337 e. The number of pyridine rings is 1. The largest absolute Gasteiger partial charge is 0.478 e. The molecule has 0 amide bonds. The average Bonchev–Trinajstić information content (AvgIpc) is 2.43. The molecule has 0 unspecified atom stereocenters. The zero-order valence-electron chi connectivity index (χ0n) is 12.5. The van der Waals surface area contributed by atoms with Gasteiger partial charge in [-0.2, -0.15) is 4.31 Å². The Morgan fingerprint density at radius 2 is 1.90 bits per heavy atom. The highest BCUT2D eigenvalue weighted by atomic mass is 32.2. The Morgan fingerprint density at radius 3 is 2.33 bits per heavy atom. The van der Waals surface area contributed by atoms with Crippen LogP contribution in [0.1, 0.15) is 23.7 Å². The lowest BCUT2D eigenvalue weighted by Crippen LogP contribution is -2.37. The molecule has 0 aliphatic carbocycles. The number of carboxylic acids is 1. The predicted molar refractivity (Wildman–Crippen MR) is 78.8 cm³/mol. The molecule has 0 fully saturated rings. The number of nitrogens with zero attached hydrogens (tertiary/aromatic N) is 3. The van der Waals surface area contributed by atoms with E-state index in [0.29, 0.717) is 26.1 Å². The summed E-state index contributed by atoms with van der Waals surface area (Å²) >= 11 is 0. The van der Waals surface area contributed by atoms with Crippen molar-refractivity contribution in [2.45, 2.75) is 18.4 Å². The summed E-state index contributed by atoms with van der Waals surface area (Å²) in [6.07, 6.45) is 1.76. The lowest BCUT2D eigenvalue weighted by molar-refractivity contribution is 0.0696. The molecule has 0 saturated heterocycles. The molecule has 1 aromatic rings. The Kier molecular flexibility index (Phi) is 6.25. The standard InChI is InChI=1S/C13H21N3O4S/c1-4-7-16(9-8-15(2)3)21(19,20)12-6-5-11(10-14-12)13(17)18/h5-6,10H,4,7-9H2,1-3H3,(H,17,18). The summed E-state index contributed by atoms with van der Waals surface area (Å²) in [6.45, 7) is 3.27. The smallest absolute Gasteiger partial charge is 0.337 e. The quantitative estimate of drug-likeness (QED) is 0.761. The molecule has 0 radical (unpaired) electrons. The van der Waals surface area contributed by atoms with Crippen molar-refractivity contribution in [1.82, 2.24) is 14.2 Å². The zero-order chi connectivity index (χ0) is 16.0. The van der Waals surface area contributed by atoms with Crippen LogP contribution in [-0.2, 0) is 10.0 Å². The maximum atomic E-state index is 12.5. The summed E-state index contributed by atoms with van der Waals surface area (Å²) in [5.41, 5.74) is -0.0377. The molecule has 7 nitrogen and oxygen atoms in total. The minimum absolute atomic E-state index is 0.0377. The molecule has 0 aliphatic heterocycles. The lowest BCUT2D eigenvalue weighted by atomic mass is 10.3. The Balaban J connectivity index is 3.01. The topological polar surface area (TPSA) is 90.8 Å². The molecule has 0 saturated carbocycles. The van der Waals surface area contributed by atoms with Gasteiger partial charge in [0.2, 0.25) is 0 Å². The van der Waals surface area contributed by atoms with E-state index in [1.165, 1.54) is 16.4 Å². The van der Waals surface area contributed by atoms with Crippen LogP contribution in [0.2, 0.25) is 0 Å². The van der Waals surface area contributed by atoms with Crippen LogP contribution in [0, 0.1) is 0 Å². The summed E-state index contributed by atoms with van der Waals surface area (Å²) in [5, 5.41) is 8.69. The van der Waals surface area contributed by atoms with Gasteiger partial charge in [-0.1, -0.05) is 6.92 Å². The van der Waals surface area contributed by atoms with E-state index < -0.39 is 16.0 Å². The summed E-state index contributed by atoms with van der Waals surface area (Å²) < 4.78 is 26.4. The molecule has 1 heterocycles. The van der Waals surface area contributed by atoms with Crippen molar-refractivity contribution in [3.63, 3.8) is 0 Å². The second-order valence-corrected chi connectivity index (χ2v) is 6.78. The first-order chi connectivity index (χ1) is 9.78. The van der Waals surface area contributed by atoms with Crippen LogP contribution in [0.4, 0.5) is 0 Å². The van der Waals surface area contributed by atoms with Gasteiger partial charge in [0.15, 0.2) is 5.03 Å². The van der Waals surface area contributed by atoms with Crippen LogP contribution >= 0.6 is 0 Å². The molecule has 1 rings (SSSR count). The van der Waals surface area contributed by atoms with Gasteiger partial charge in [-0.25, -0.2) is 18.2 Å². The van der Waals surface area contributed by atoms with Gasteiger partial charge in [0, 0.05) is 25.8 Å². The van der Waals surface area contributed by atoms with E-state index in [9.17, 15) is 13.2 Å². The molecule has 0 spiro atoms. The second kappa shape index (κ2) is 7.48. The van der Waals surface area contributed by atoms with Crippen molar-refractivity contribution in [3.8, 4) is 0 Å². The van der Waals surface area contributed by atoms with E-state index in [0.717, 1.165) is 6.20 Å². The molecular weight excluding hydrogens is 294 g/mol. The van der Waals surface area contributed by atoms with Crippen molar-refractivity contribution in [2.24, 2.45) is 0 Å². The Bertz CT molecular complexity index is 570. The summed E-state index contributed by atoms with van der Waals surface area (Å²) in [6, 6.07) is 2.48. The lowest BCUT2D eigenvalue weighted by Gasteiger charge is -2.22. The summed E-state index contributed by atoms with van der Waals surface area (Å²) in [7, 11) is 0.0446. The molecule has 0 atom stereocenters. The van der Waals surface area contributed by atoms with Crippen molar-refractivity contribution < 1.29 is 18.3 Å². The van der Waals surface area contributed by atoms with E-state index in [-0.39, 0.29) is 10.6 Å². The number of hydrogen-bond acceptors (Lipinski definition) is 5. The Labute approximate surface area is 125 Å². The third-order valence-corrected chi connectivity index (χ3v) is 4.67. The van der Waals surface area contributed by atoms with Crippen LogP contribution in [0.3, 0.4) is 0 Å². The fourth-order valence-corrected chi connectivity index (χ4v) is 3.14. The average molecular weight is 315 g/mol. The number of hydrogen-bond donors (Lipinski definition) is 1. The molecule has 1 N–H and O–H groups in total. The number of rotatable bonds is 8. The minimum atomic E-state index is -3.70. The summed E-state index contributed by atoms with van der Waals surface area (Å²) in [5.74, 6) is -1.13. The van der Waals surface area contributed by atoms with Crippen molar-refractivity contribution in [1.29, 1.82) is 0 Å².